The Kier molecular flexibility index (Phi) is 7.02. The summed E-state index contributed by atoms with van der Waals surface area (Å²) in [5.41, 5.74) is 0.546. The predicted molar refractivity (Wildman–Crippen MR) is 105 cm³/mol. The van der Waals surface area contributed by atoms with Crippen LogP contribution < -0.4 is 10.2 Å². The molecule has 2 aromatic heterocycles. The highest BCUT2D eigenvalue weighted by molar-refractivity contribution is 5.99. The number of hydrogen-bond donors (Lipinski definition) is 1. The van der Waals surface area contributed by atoms with Crippen LogP contribution in [0.5, 0.6) is 0 Å². The molecule has 8 nitrogen and oxygen atoms in total. The number of amides is 2. The first-order valence-electron chi connectivity index (χ1n) is 9.59. The average molecular weight is 386 g/mol. The van der Waals surface area contributed by atoms with Crippen molar-refractivity contribution in [3.63, 3.8) is 0 Å². The molecule has 2 amide bonds. The van der Waals surface area contributed by atoms with Crippen LogP contribution >= 0.6 is 0 Å². The minimum Gasteiger partial charge on any atom is -0.459 e. The van der Waals surface area contributed by atoms with Crippen LogP contribution in [0.1, 0.15) is 34.3 Å². The van der Waals surface area contributed by atoms with Gasteiger partial charge in [0.25, 0.3) is 11.8 Å². The van der Waals surface area contributed by atoms with Gasteiger partial charge in [0.05, 0.1) is 11.8 Å². The molecule has 150 valence electrons. The average Bonchev–Trinajstić information content (AvgIpc) is 3.28. The van der Waals surface area contributed by atoms with E-state index in [4.69, 9.17) is 9.15 Å². The molecule has 0 spiro atoms. The van der Waals surface area contributed by atoms with Crippen molar-refractivity contribution in [2.75, 3.05) is 50.8 Å². The highest BCUT2D eigenvalue weighted by Gasteiger charge is 2.26. The third kappa shape index (κ3) is 4.89. The number of hydrogen-bond acceptors (Lipinski definition) is 6. The standard InChI is InChI=1S/C20H26N4O4/c1-2-27-14-5-9-22-19(25)16-6-3-8-21-18(16)23-10-12-24(13-11-23)20(26)17-7-4-15-28-17/h3-4,6-8,15H,2,5,9-14H2,1H3,(H,22,25). The zero-order chi connectivity index (χ0) is 19.8. The molecule has 3 rings (SSSR count). The van der Waals surface area contributed by atoms with E-state index < -0.39 is 0 Å². The minimum atomic E-state index is -0.145. The number of furan rings is 1. The molecule has 0 aromatic carbocycles. The number of carbonyl (C=O) groups excluding carboxylic acids is 2. The van der Waals surface area contributed by atoms with Crippen molar-refractivity contribution >= 4 is 17.6 Å². The van der Waals surface area contributed by atoms with Gasteiger partial charge in [0, 0.05) is 52.1 Å². The van der Waals surface area contributed by atoms with E-state index in [-0.39, 0.29) is 11.8 Å². The van der Waals surface area contributed by atoms with Crippen molar-refractivity contribution < 1.29 is 18.7 Å². The second-order valence-electron chi connectivity index (χ2n) is 6.44. The molecular formula is C20H26N4O4. The lowest BCUT2D eigenvalue weighted by molar-refractivity contribution is 0.0713. The molecule has 0 saturated carbocycles. The quantitative estimate of drug-likeness (QED) is 0.696. The summed E-state index contributed by atoms with van der Waals surface area (Å²) >= 11 is 0. The topological polar surface area (TPSA) is 87.9 Å². The maximum atomic E-state index is 12.6. The molecule has 0 unspecified atom stereocenters. The highest BCUT2D eigenvalue weighted by atomic mass is 16.5. The smallest absolute Gasteiger partial charge is 0.289 e. The normalized spacial score (nSPS) is 14.2. The SMILES string of the molecule is CCOCCCNC(=O)c1cccnc1N1CCN(C(=O)c2ccco2)CC1. The molecule has 2 aromatic rings. The van der Waals surface area contributed by atoms with Gasteiger partial charge in [0.2, 0.25) is 0 Å². The van der Waals surface area contributed by atoms with E-state index in [1.165, 1.54) is 6.26 Å². The third-order valence-corrected chi connectivity index (χ3v) is 4.58. The number of ether oxygens (including phenoxy) is 1. The van der Waals surface area contributed by atoms with Crippen LogP contribution in [-0.2, 0) is 4.74 Å². The van der Waals surface area contributed by atoms with Crippen molar-refractivity contribution in [3.8, 4) is 0 Å². The fraction of sp³-hybridized carbons (Fsp3) is 0.450. The maximum absolute atomic E-state index is 12.6. The molecule has 1 N–H and O–H groups in total. The lowest BCUT2D eigenvalue weighted by Crippen LogP contribution is -2.49. The molecule has 1 saturated heterocycles. The summed E-state index contributed by atoms with van der Waals surface area (Å²) in [4.78, 5) is 33.2. The largest absolute Gasteiger partial charge is 0.459 e. The van der Waals surface area contributed by atoms with E-state index in [1.807, 2.05) is 11.8 Å². The third-order valence-electron chi connectivity index (χ3n) is 4.58. The molecular weight excluding hydrogens is 360 g/mol. The first-order valence-corrected chi connectivity index (χ1v) is 9.59. The number of piperazine rings is 1. The molecule has 1 aliphatic heterocycles. The summed E-state index contributed by atoms with van der Waals surface area (Å²) in [6, 6.07) is 6.91. The zero-order valence-electron chi connectivity index (χ0n) is 16.1. The summed E-state index contributed by atoms with van der Waals surface area (Å²) in [5, 5.41) is 2.92. The monoisotopic (exact) mass is 386 g/mol. The maximum Gasteiger partial charge on any atom is 0.289 e. The first-order chi connectivity index (χ1) is 13.7. The van der Waals surface area contributed by atoms with Gasteiger partial charge in [0.15, 0.2) is 5.76 Å². The van der Waals surface area contributed by atoms with Crippen LogP contribution in [0.3, 0.4) is 0 Å². The number of rotatable bonds is 8. The van der Waals surface area contributed by atoms with Gasteiger partial charge in [0.1, 0.15) is 5.82 Å². The van der Waals surface area contributed by atoms with Gasteiger partial charge in [-0.3, -0.25) is 9.59 Å². The summed E-state index contributed by atoms with van der Waals surface area (Å²) < 4.78 is 10.5. The summed E-state index contributed by atoms with van der Waals surface area (Å²) in [6.45, 7) is 6.11. The molecule has 1 fully saturated rings. The predicted octanol–water partition coefficient (Wildman–Crippen LogP) is 1.79. The van der Waals surface area contributed by atoms with E-state index in [2.05, 4.69) is 10.3 Å². The lowest BCUT2D eigenvalue weighted by atomic mass is 10.2. The van der Waals surface area contributed by atoms with Crippen LogP contribution in [0.15, 0.2) is 41.1 Å². The van der Waals surface area contributed by atoms with Crippen LogP contribution in [-0.4, -0.2) is 67.6 Å². The lowest BCUT2D eigenvalue weighted by Gasteiger charge is -2.35. The Hall–Kier alpha value is -2.87. The second kappa shape index (κ2) is 9.89. The Morgan fingerprint density at radius 2 is 2.04 bits per heavy atom. The molecule has 8 heteroatoms. The van der Waals surface area contributed by atoms with Gasteiger partial charge < -0.3 is 24.3 Å². The highest BCUT2D eigenvalue weighted by Crippen LogP contribution is 2.20. The van der Waals surface area contributed by atoms with Gasteiger partial charge in [-0.1, -0.05) is 0 Å². The number of nitrogens with zero attached hydrogens (tertiary/aromatic N) is 3. The minimum absolute atomic E-state index is 0.113. The molecule has 0 atom stereocenters. The van der Waals surface area contributed by atoms with Crippen molar-refractivity contribution in [2.24, 2.45) is 0 Å². The van der Waals surface area contributed by atoms with Crippen LogP contribution in [0.2, 0.25) is 0 Å². The van der Waals surface area contributed by atoms with E-state index in [0.717, 1.165) is 6.42 Å². The molecule has 0 radical (unpaired) electrons. The summed E-state index contributed by atoms with van der Waals surface area (Å²) in [5.74, 6) is 0.736. The van der Waals surface area contributed by atoms with Gasteiger partial charge in [-0.25, -0.2) is 4.98 Å². The van der Waals surface area contributed by atoms with Crippen molar-refractivity contribution in [1.82, 2.24) is 15.2 Å². The molecule has 0 bridgehead atoms. The van der Waals surface area contributed by atoms with Gasteiger partial charge in [-0.15, -0.1) is 0 Å². The zero-order valence-corrected chi connectivity index (χ0v) is 16.1. The Balaban J connectivity index is 1.57. The van der Waals surface area contributed by atoms with Crippen LogP contribution in [0, 0.1) is 0 Å². The first kappa shape index (κ1) is 19.9. The van der Waals surface area contributed by atoms with Crippen LogP contribution in [0.25, 0.3) is 0 Å². The summed E-state index contributed by atoms with van der Waals surface area (Å²) in [7, 11) is 0. The van der Waals surface area contributed by atoms with Gasteiger partial charge in [-0.05, 0) is 37.6 Å². The number of nitrogens with one attached hydrogen (secondary N) is 1. The van der Waals surface area contributed by atoms with E-state index >= 15 is 0 Å². The molecule has 0 aliphatic carbocycles. The van der Waals surface area contributed by atoms with Crippen molar-refractivity contribution in [3.05, 3.63) is 48.0 Å². The fourth-order valence-corrected chi connectivity index (χ4v) is 3.12. The number of anilines is 1. The second-order valence-corrected chi connectivity index (χ2v) is 6.44. The number of carbonyl (C=O) groups is 2. The Morgan fingerprint density at radius 1 is 1.21 bits per heavy atom. The Morgan fingerprint density at radius 3 is 2.75 bits per heavy atom. The fourth-order valence-electron chi connectivity index (χ4n) is 3.12. The molecule has 28 heavy (non-hydrogen) atoms. The summed E-state index contributed by atoms with van der Waals surface area (Å²) in [6.07, 6.45) is 3.95. The molecule has 1 aliphatic rings. The number of aromatic nitrogens is 1. The van der Waals surface area contributed by atoms with E-state index in [9.17, 15) is 9.59 Å². The Labute approximate surface area is 164 Å². The van der Waals surface area contributed by atoms with Crippen molar-refractivity contribution in [1.29, 1.82) is 0 Å². The molecule has 3 heterocycles. The van der Waals surface area contributed by atoms with E-state index in [1.54, 1.807) is 35.4 Å². The van der Waals surface area contributed by atoms with E-state index in [0.29, 0.717) is 63.1 Å². The van der Waals surface area contributed by atoms with Gasteiger partial charge >= 0.3 is 0 Å². The van der Waals surface area contributed by atoms with Crippen LogP contribution in [0.4, 0.5) is 5.82 Å². The Bertz CT molecular complexity index is 770. The van der Waals surface area contributed by atoms with Gasteiger partial charge in [-0.2, -0.15) is 0 Å². The van der Waals surface area contributed by atoms with Crippen molar-refractivity contribution in [2.45, 2.75) is 13.3 Å². The number of pyridine rings is 1.